The van der Waals surface area contributed by atoms with Gasteiger partial charge in [-0.2, -0.15) is 0 Å². The Morgan fingerprint density at radius 3 is 2.41 bits per heavy atom. The van der Waals surface area contributed by atoms with Gasteiger partial charge >= 0.3 is 0 Å². The van der Waals surface area contributed by atoms with Crippen molar-refractivity contribution in [1.82, 2.24) is 0 Å². The minimum atomic E-state index is 0.457. The van der Waals surface area contributed by atoms with Crippen LogP contribution in [0.2, 0.25) is 5.02 Å². The summed E-state index contributed by atoms with van der Waals surface area (Å²) < 4.78 is 12.5. The first-order valence-electron chi connectivity index (χ1n) is 9.16. The zero-order valence-electron chi connectivity index (χ0n) is 16.2. The third-order valence-electron chi connectivity index (χ3n) is 3.59. The molecule has 0 N–H and O–H groups in total. The standard InChI is InChI=1S/C20H28Br2ClNO3/c1-4-16-13-17(25-12-9-19(21)22)14-18(23)20(16)26-10-7-5-6-8-11-27-24-15(2)3/h9,13-14H,4-8,10-12H2,1-3H3. The summed E-state index contributed by atoms with van der Waals surface area (Å²) in [7, 11) is 0. The van der Waals surface area contributed by atoms with E-state index in [9.17, 15) is 0 Å². The molecule has 0 bridgehead atoms. The van der Waals surface area contributed by atoms with E-state index in [-0.39, 0.29) is 0 Å². The zero-order valence-corrected chi connectivity index (χ0v) is 20.1. The lowest BCUT2D eigenvalue weighted by molar-refractivity contribution is 0.139. The van der Waals surface area contributed by atoms with Gasteiger partial charge in [-0.15, -0.1) is 0 Å². The minimum Gasteiger partial charge on any atom is -0.492 e. The van der Waals surface area contributed by atoms with E-state index >= 15 is 0 Å². The van der Waals surface area contributed by atoms with Crippen molar-refractivity contribution in [3.8, 4) is 11.5 Å². The summed E-state index contributed by atoms with van der Waals surface area (Å²) >= 11 is 13.0. The Labute approximate surface area is 184 Å². The van der Waals surface area contributed by atoms with Gasteiger partial charge in [0.2, 0.25) is 0 Å². The van der Waals surface area contributed by atoms with E-state index in [1.165, 1.54) is 0 Å². The quantitative estimate of drug-likeness (QED) is 0.155. The third-order valence-corrected chi connectivity index (χ3v) is 4.51. The number of unbranched alkanes of at least 4 members (excludes halogenated alkanes) is 3. The fourth-order valence-corrected chi connectivity index (χ4v) is 2.85. The monoisotopic (exact) mass is 523 g/mol. The number of ether oxygens (including phenoxy) is 2. The maximum atomic E-state index is 6.41. The van der Waals surface area contributed by atoms with Crippen LogP contribution in [0.5, 0.6) is 11.5 Å². The first kappa shape index (κ1) is 24.3. The van der Waals surface area contributed by atoms with Crippen molar-refractivity contribution < 1.29 is 14.3 Å². The van der Waals surface area contributed by atoms with E-state index in [1.807, 2.05) is 26.0 Å². The SMILES string of the molecule is CCc1cc(OCC=C(Br)Br)cc(Cl)c1OCCCCCCON=C(C)C. The molecular formula is C20H28Br2ClNO3. The highest BCUT2D eigenvalue weighted by atomic mass is 79.9. The van der Waals surface area contributed by atoms with Gasteiger partial charge < -0.3 is 14.3 Å². The van der Waals surface area contributed by atoms with Crippen LogP contribution in [0.25, 0.3) is 0 Å². The average molecular weight is 526 g/mol. The molecular weight excluding hydrogens is 497 g/mol. The van der Waals surface area contributed by atoms with Gasteiger partial charge in [-0.1, -0.05) is 23.7 Å². The molecule has 0 aromatic heterocycles. The predicted octanol–water partition coefficient (Wildman–Crippen LogP) is 7.26. The number of aryl methyl sites for hydroxylation is 1. The lowest BCUT2D eigenvalue weighted by atomic mass is 10.1. The Morgan fingerprint density at radius 2 is 1.78 bits per heavy atom. The van der Waals surface area contributed by atoms with E-state index in [2.05, 4.69) is 43.9 Å². The lowest BCUT2D eigenvalue weighted by Gasteiger charge is -2.14. The van der Waals surface area contributed by atoms with E-state index in [1.54, 1.807) is 6.07 Å². The minimum absolute atomic E-state index is 0.457. The van der Waals surface area contributed by atoms with E-state index < -0.39 is 0 Å². The van der Waals surface area contributed by atoms with Crippen molar-refractivity contribution >= 4 is 49.2 Å². The molecule has 0 unspecified atom stereocenters. The number of hydrogen-bond donors (Lipinski definition) is 0. The molecule has 0 amide bonds. The van der Waals surface area contributed by atoms with Gasteiger partial charge in [-0.05, 0) is 95.5 Å². The number of oxime groups is 1. The van der Waals surface area contributed by atoms with Gasteiger partial charge in [0.15, 0.2) is 0 Å². The molecule has 0 saturated heterocycles. The summed E-state index contributed by atoms with van der Waals surface area (Å²) in [6, 6.07) is 3.80. The molecule has 0 atom stereocenters. The molecule has 1 aromatic rings. The molecule has 0 aliphatic heterocycles. The molecule has 0 fully saturated rings. The summed E-state index contributed by atoms with van der Waals surface area (Å²) in [4.78, 5) is 5.19. The van der Waals surface area contributed by atoms with Crippen LogP contribution >= 0.6 is 43.5 Å². The largest absolute Gasteiger partial charge is 0.492 e. The Kier molecular flexibility index (Phi) is 12.9. The van der Waals surface area contributed by atoms with E-state index in [0.29, 0.717) is 24.8 Å². The molecule has 4 nitrogen and oxygen atoms in total. The van der Waals surface area contributed by atoms with Crippen LogP contribution in [0.4, 0.5) is 0 Å². The summed E-state index contributed by atoms with van der Waals surface area (Å²) in [5, 5.41) is 4.51. The average Bonchev–Trinajstić information content (AvgIpc) is 2.60. The summed E-state index contributed by atoms with van der Waals surface area (Å²) in [6.07, 6.45) is 6.88. The molecule has 0 spiro atoms. The fourth-order valence-electron chi connectivity index (χ4n) is 2.30. The highest BCUT2D eigenvalue weighted by Gasteiger charge is 2.11. The maximum absolute atomic E-state index is 6.41. The second-order valence-corrected chi connectivity index (χ2v) is 9.37. The molecule has 0 heterocycles. The molecule has 0 radical (unpaired) electrons. The molecule has 1 rings (SSSR count). The van der Waals surface area contributed by atoms with Gasteiger partial charge in [-0.25, -0.2) is 0 Å². The Hall–Kier alpha value is -0.720. The molecule has 0 aliphatic rings. The summed E-state index contributed by atoms with van der Waals surface area (Å²) in [6.45, 7) is 7.70. The van der Waals surface area contributed by atoms with Crippen LogP contribution < -0.4 is 9.47 Å². The molecule has 27 heavy (non-hydrogen) atoms. The molecule has 0 saturated carbocycles. The van der Waals surface area contributed by atoms with Gasteiger partial charge in [0, 0.05) is 6.07 Å². The number of nitrogens with zero attached hydrogens (tertiary/aromatic N) is 1. The Morgan fingerprint density at radius 1 is 1.07 bits per heavy atom. The van der Waals surface area contributed by atoms with E-state index in [4.69, 9.17) is 25.9 Å². The lowest BCUT2D eigenvalue weighted by Crippen LogP contribution is -2.02. The fraction of sp³-hybridized carbons (Fsp3) is 0.550. The van der Waals surface area contributed by atoms with Crippen molar-refractivity contribution in [2.45, 2.75) is 52.9 Å². The first-order chi connectivity index (χ1) is 12.9. The van der Waals surface area contributed by atoms with Gasteiger partial charge in [0.05, 0.1) is 20.7 Å². The molecule has 152 valence electrons. The van der Waals surface area contributed by atoms with Gasteiger partial charge in [0.25, 0.3) is 0 Å². The van der Waals surface area contributed by atoms with Gasteiger partial charge in [-0.3, -0.25) is 0 Å². The summed E-state index contributed by atoms with van der Waals surface area (Å²) in [5.41, 5.74) is 2.00. The van der Waals surface area contributed by atoms with Crippen molar-refractivity contribution in [2.75, 3.05) is 19.8 Å². The molecule has 1 aromatic carbocycles. The smallest absolute Gasteiger partial charge is 0.141 e. The molecule has 0 aliphatic carbocycles. The highest BCUT2D eigenvalue weighted by Crippen LogP contribution is 2.34. The van der Waals surface area contributed by atoms with Gasteiger partial charge in [0.1, 0.15) is 24.7 Å². The van der Waals surface area contributed by atoms with Crippen LogP contribution in [0, 0.1) is 0 Å². The van der Waals surface area contributed by atoms with Crippen molar-refractivity contribution in [2.24, 2.45) is 5.16 Å². The highest BCUT2D eigenvalue weighted by molar-refractivity contribution is 9.28. The topological polar surface area (TPSA) is 40.0 Å². The normalized spacial score (nSPS) is 10.3. The third kappa shape index (κ3) is 11.0. The number of halogens is 3. The number of hydrogen-bond acceptors (Lipinski definition) is 4. The van der Waals surface area contributed by atoms with Crippen LogP contribution in [-0.4, -0.2) is 25.5 Å². The van der Waals surface area contributed by atoms with Crippen molar-refractivity contribution in [1.29, 1.82) is 0 Å². The van der Waals surface area contributed by atoms with Crippen LogP contribution in [0.3, 0.4) is 0 Å². The van der Waals surface area contributed by atoms with Crippen molar-refractivity contribution in [3.63, 3.8) is 0 Å². The number of benzene rings is 1. The first-order valence-corrected chi connectivity index (χ1v) is 11.1. The van der Waals surface area contributed by atoms with E-state index in [0.717, 1.165) is 58.3 Å². The van der Waals surface area contributed by atoms with Crippen LogP contribution in [-0.2, 0) is 11.3 Å². The second-order valence-electron chi connectivity index (χ2n) is 6.19. The molecule has 7 heteroatoms. The summed E-state index contributed by atoms with van der Waals surface area (Å²) in [5.74, 6) is 1.51. The second kappa shape index (κ2) is 14.3. The van der Waals surface area contributed by atoms with Crippen LogP contribution in [0.15, 0.2) is 26.8 Å². The zero-order chi connectivity index (χ0) is 20.1. The maximum Gasteiger partial charge on any atom is 0.141 e. The van der Waals surface area contributed by atoms with Crippen molar-refractivity contribution in [3.05, 3.63) is 32.2 Å². The Bertz CT molecular complexity index is 628. The predicted molar refractivity (Wildman–Crippen MR) is 121 cm³/mol. The number of rotatable bonds is 13. The van der Waals surface area contributed by atoms with Crippen LogP contribution in [0.1, 0.15) is 52.0 Å². The Balaban J connectivity index is 2.39.